The first-order chi connectivity index (χ1) is 12.1. The van der Waals surface area contributed by atoms with Crippen LogP contribution in [0.1, 0.15) is 34.1 Å². The van der Waals surface area contributed by atoms with Crippen molar-refractivity contribution in [2.75, 3.05) is 18.4 Å². The van der Waals surface area contributed by atoms with Crippen LogP contribution in [0.25, 0.3) is 0 Å². The molecule has 5 heteroatoms. The highest BCUT2D eigenvalue weighted by molar-refractivity contribution is 6.09. The van der Waals surface area contributed by atoms with Crippen LogP contribution in [-0.2, 0) is 0 Å². The number of hydrogen-bond donors (Lipinski definition) is 3. The molecule has 3 rings (SSSR count). The van der Waals surface area contributed by atoms with Gasteiger partial charge in [-0.3, -0.25) is 9.59 Å². The molecule has 0 bridgehead atoms. The van der Waals surface area contributed by atoms with Crippen LogP contribution < -0.4 is 16.0 Å². The molecule has 0 radical (unpaired) electrons. The van der Waals surface area contributed by atoms with Crippen LogP contribution in [0.5, 0.6) is 0 Å². The number of rotatable bonds is 4. The molecule has 130 valence electrons. The third-order valence-electron chi connectivity index (χ3n) is 4.56. The Kier molecular flexibility index (Phi) is 5.46. The predicted molar refractivity (Wildman–Crippen MR) is 98.7 cm³/mol. The molecule has 2 aromatic rings. The fraction of sp³-hybridized carbons (Fsp3) is 0.300. The van der Waals surface area contributed by atoms with Crippen LogP contribution in [0.15, 0.2) is 54.6 Å². The number of carbonyl (C=O) groups excluding carboxylic acids is 2. The molecule has 0 aromatic heterocycles. The van der Waals surface area contributed by atoms with Gasteiger partial charge in [0.2, 0.25) is 0 Å². The van der Waals surface area contributed by atoms with Crippen molar-refractivity contribution >= 4 is 17.5 Å². The molecule has 2 amide bonds. The first-order valence-electron chi connectivity index (χ1n) is 8.62. The largest absolute Gasteiger partial charge is 0.349 e. The first-order valence-corrected chi connectivity index (χ1v) is 8.62. The summed E-state index contributed by atoms with van der Waals surface area (Å²) in [7, 11) is 0. The van der Waals surface area contributed by atoms with Crippen LogP contribution in [0.4, 0.5) is 5.69 Å². The Bertz CT molecular complexity index is 746. The molecule has 25 heavy (non-hydrogen) atoms. The summed E-state index contributed by atoms with van der Waals surface area (Å²) in [6.45, 7) is 3.93. The molecule has 1 heterocycles. The van der Waals surface area contributed by atoms with E-state index in [2.05, 4.69) is 22.9 Å². The predicted octanol–water partition coefficient (Wildman–Crippen LogP) is 2.67. The average molecular weight is 337 g/mol. The quantitative estimate of drug-likeness (QED) is 0.803. The monoisotopic (exact) mass is 337 g/mol. The van der Waals surface area contributed by atoms with Gasteiger partial charge in [-0.05, 0) is 49.7 Å². The Hall–Kier alpha value is -2.66. The molecule has 1 fully saturated rings. The number of amides is 2. The minimum Gasteiger partial charge on any atom is -0.349 e. The third-order valence-corrected chi connectivity index (χ3v) is 4.56. The van der Waals surface area contributed by atoms with Gasteiger partial charge >= 0.3 is 0 Å². The summed E-state index contributed by atoms with van der Waals surface area (Å²) in [5, 5.41) is 9.28. The van der Waals surface area contributed by atoms with Gasteiger partial charge < -0.3 is 16.0 Å². The van der Waals surface area contributed by atoms with Gasteiger partial charge in [-0.25, -0.2) is 0 Å². The van der Waals surface area contributed by atoms with Crippen LogP contribution in [-0.4, -0.2) is 30.9 Å². The average Bonchev–Trinajstić information content (AvgIpc) is 2.64. The number of benzene rings is 2. The lowest BCUT2D eigenvalue weighted by molar-refractivity contribution is 0.0915. The van der Waals surface area contributed by atoms with Gasteiger partial charge in [0, 0.05) is 11.6 Å². The zero-order valence-corrected chi connectivity index (χ0v) is 14.3. The summed E-state index contributed by atoms with van der Waals surface area (Å²) in [5.41, 5.74) is 1.57. The molecule has 3 N–H and O–H groups in total. The van der Waals surface area contributed by atoms with Crippen molar-refractivity contribution < 1.29 is 9.59 Å². The lowest BCUT2D eigenvalue weighted by Gasteiger charge is -2.30. The van der Waals surface area contributed by atoms with Crippen molar-refractivity contribution in [2.45, 2.75) is 19.4 Å². The third kappa shape index (κ3) is 4.25. The molecule has 1 aliphatic rings. The van der Waals surface area contributed by atoms with Crippen molar-refractivity contribution in [1.82, 2.24) is 10.6 Å². The van der Waals surface area contributed by atoms with E-state index in [1.54, 1.807) is 30.3 Å². The van der Waals surface area contributed by atoms with E-state index in [1.165, 1.54) is 0 Å². The molecule has 2 unspecified atom stereocenters. The van der Waals surface area contributed by atoms with Crippen LogP contribution in [0.3, 0.4) is 0 Å². The second-order valence-corrected chi connectivity index (χ2v) is 6.42. The van der Waals surface area contributed by atoms with E-state index in [9.17, 15) is 9.59 Å². The fourth-order valence-electron chi connectivity index (χ4n) is 3.05. The Labute approximate surface area is 147 Å². The number of carbonyl (C=O) groups is 2. The molecule has 5 nitrogen and oxygen atoms in total. The Morgan fingerprint density at radius 3 is 2.48 bits per heavy atom. The van der Waals surface area contributed by atoms with Crippen LogP contribution in [0.2, 0.25) is 0 Å². The van der Waals surface area contributed by atoms with Crippen LogP contribution in [0, 0.1) is 5.92 Å². The molecule has 0 spiro atoms. The molecule has 2 atom stereocenters. The Morgan fingerprint density at radius 1 is 1.00 bits per heavy atom. The van der Waals surface area contributed by atoms with E-state index in [0.717, 1.165) is 19.5 Å². The highest BCUT2D eigenvalue weighted by Crippen LogP contribution is 2.18. The molecule has 0 saturated carbocycles. The van der Waals surface area contributed by atoms with Gasteiger partial charge in [0.25, 0.3) is 11.8 Å². The van der Waals surface area contributed by atoms with E-state index < -0.39 is 0 Å². The Morgan fingerprint density at radius 2 is 1.72 bits per heavy atom. The van der Waals surface area contributed by atoms with Gasteiger partial charge in [0.05, 0.1) is 11.3 Å². The topological polar surface area (TPSA) is 70.2 Å². The van der Waals surface area contributed by atoms with E-state index >= 15 is 0 Å². The maximum atomic E-state index is 12.7. The van der Waals surface area contributed by atoms with Crippen molar-refractivity contribution in [3.05, 3.63) is 65.7 Å². The molecular formula is C20H23N3O2. The van der Waals surface area contributed by atoms with E-state index in [-0.39, 0.29) is 17.9 Å². The second kappa shape index (κ2) is 7.94. The molecular weight excluding hydrogens is 314 g/mol. The van der Waals surface area contributed by atoms with E-state index in [0.29, 0.717) is 22.7 Å². The molecule has 1 saturated heterocycles. The van der Waals surface area contributed by atoms with E-state index in [4.69, 9.17) is 0 Å². The van der Waals surface area contributed by atoms with Gasteiger partial charge in [-0.1, -0.05) is 37.3 Å². The van der Waals surface area contributed by atoms with Gasteiger partial charge in [0.15, 0.2) is 0 Å². The number of para-hydroxylation sites is 1. The molecule has 1 aliphatic heterocycles. The highest BCUT2D eigenvalue weighted by Gasteiger charge is 2.24. The Balaban J connectivity index is 1.74. The normalized spacial score (nSPS) is 19.9. The second-order valence-electron chi connectivity index (χ2n) is 6.42. The lowest BCUT2D eigenvalue weighted by Crippen LogP contribution is -2.48. The van der Waals surface area contributed by atoms with Gasteiger partial charge in [-0.15, -0.1) is 0 Å². The molecule has 0 aliphatic carbocycles. The standard InChI is InChI=1S/C20H23N3O2/c1-14-13-21-12-11-17(14)22-20(25)16-9-5-6-10-18(16)23-19(24)15-7-3-2-4-8-15/h2-10,14,17,21H,11-13H2,1H3,(H,22,25)(H,23,24). The fourth-order valence-corrected chi connectivity index (χ4v) is 3.05. The summed E-state index contributed by atoms with van der Waals surface area (Å²) >= 11 is 0. The van der Waals surface area contributed by atoms with Crippen LogP contribution >= 0.6 is 0 Å². The van der Waals surface area contributed by atoms with Crippen molar-refractivity contribution in [2.24, 2.45) is 5.92 Å². The summed E-state index contributed by atoms with van der Waals surface area (Å²) in [5.74, 6) is 0.00238. The minimum absolute atomic E-state index is 0.145. The number of hydrogen-bond acceptors (Lipinski definition) is 3. The summed E-state index contributed by atoms with van der Waals surface area (Å²) < 4.78 is 0. The maximum absolute atomic E-state index is 12.7. The number of nitrogens with one attached hydrogen (secondary N) is 3. The van der Waals surface area contributed by atoms with Gasteiger partial charge in [0.1, 0.15) is 0 Å². The van der Waals surface area contributed by atoms with E-state index in [1.807, 2.05) is 24.3 Å². The zero-order valence-electron chi connectivity index (χ0n) is 14.3. The zero-order chi connectivity index (χ0) is 17.6. The highest BCUT2D eigenvalue weighted by atomic mass is 16.2. The maximum Gasteiger partial charge on any atom is 0.255 e. The SMILES string of the molecule is CC1CNCCC1NC(=O)c1ccccc1NC(=O)c1ccccc1. The summed E-state index contributed by atoms with van der Waals surface area (Å²) in [6, 6.07) is 16.2. The first kappa shape index (κ1) is 17.2. The minimum atomic E-state index is -0.226. The number of anilines is 1. The number of piperidine rings is 1. The molecule has 2 aromatic carbocycles. The summed E-state index contributed by atoms with van der Waals surface area (Å²) in [6.07, 6.45) is 0.908. The smallest absolute Gasteiger partial charge is 0.255 e. The van der Waals surface area contributed by atoms with Gasteiger partial charge in [-0.2, -0.15) is 0 Å². The lowest BCUT2D eigenvalue weighted by atomic mass is 9.95. The van der Waals surface area contributed by atoms with Crippen molar-refractivity contribution in [1.29, 1.82) is 0 Å². The van der Waals surface area contributed by atoms with Crippen molar-refractivity contribution in [3.8, 4) is 0 Å². The summed E-state index contributed by atoms with van der Waals surface area (Å²) in [4.78, 5) is 25.1. The van der Waals surface area contributed by atoms with Crippen molar-refractivity contribution in [3.63, 3.8) is 0 Å².